The first-order valence-electron chi connectivity index (χ1n) is 5.44. The molecule has 0 atom stereocenters. The average molecular weight is 229 g/mol. The molecule has 1 N–H and O–H groups in total. The van der Waals surface area contributed by atoms with Crippen LogP contribution in [0.2, 0.25) is 0 Å². The first kappa shape index (κ1) is 11.4. The molecule has 2 aromatic rings. The molecule has 0 spiro atoms. The molecule has 0 saturated heterocycles. The van der Waals surface area contributed by atoms with Crippen LogP contribution in [0.1, 0.15) is 11.1 Å². The molecule has 0 amide bonds. The molecule has 1 aromatic heterocycles. The van der Waals surface area contributed by atoms with Gasteiger partial charge in [-0.05, 0) is 18.1 Å². The zero-order valence-corrected chi connectivity index (χ0v) is 9.97. The monoisotopic (exact) mass is 229 g/mol. The van der Waals surface area contributed by atoms with Gasteiger partial charge in [0.1, 0.15) is 0 Å². The molecule has 1 aromatic carbocycles. The Morgan fingerprint density at radius 2 is 1.88 bits per heavy atom. The molecule has 88 valence electrons. The molecule has 0 unspecified atom stereocenters. The fourth-order valence-electron chi connectivity index (χ4n) is 1.50. The van der Waals surface area contributed by atoms with Crippen molar-refractivity contribution in [1.29, 1.82) is 0 Å². The van der Waals surface area contributed by atoms with E-state index < -0.39 is 0 Å². The van der Waals surface area contributed by atoms with Crippen LogP contribution >= 0.6 is 0 Å². The third-order valence-electron chi connectivity index (χ3n) is 2.56. The highest BCUT2D eigenvalue weighted by Crippen LogP contribution is 2.10. The Morgan fingerprint density at radius 1 is 1.18 bits per heavy atom. The summed E-state index contributed by atoms with van der Waals surface area (Å²) in [5.41, 5.74) is 2.50. The number of aryl methyl sites for hydroxylation is 1. The molecule has 4 heteroatoms. The third kappa shape index (κ3) is 2.93. The number of rotatable bonds is 4. The topological polar surface area (TPSA) is 47.0 Å². The first-order chi connectivity index (χ1) is 8.29. The first-order valence-corrected chi connectivity index (χ1v) is 5.44. The van der Waals surface area contributed by atoms with Gasteiger partial charge in [0, 0.05) is 6.54 Å². The zero-order chi connectivity index (χ0) is 12.1. The van der Waals surface area contributed by atoms with Crippen molar-refractivity contribution in [2.24, 2.45) is 0 Å². The van der Waals surface area contributed by atoms with E-state index in [9.17, 15) is 0 Å². The van der Waals surface area contributed by atoms with Crippen molar-refractivity contribution in [3.63, 3.8) is 0 Å². The predicted octanol–water partition coefficient (Wildman–Crippen LogP) is 2.41. The molecule has 0 aliphatic rings. The lowest BCUT2D eigenvalue weighted by molar-refractivity contribution is 0.411. The lowest BCUT2D eigenvalue weighted by atomic mass is 10.1. The van der Waals surface area contributed by atoms with E-state index in [0.29, 0.717) is 11.7 Å². The summed E-state index contributed by atoms with van der Waals surface area (Å²) in [6, 6.07) is 8.24. The van der Waals surface area contributed by atoms with Crippen LogP contribution < -0.4 is 10.1 Å². The molecule has 17 heavy (non-hydrogen) atoms. The van der Waals surface area contributed by atoms with Gasteiger partial charge in [0.05, 0.1) is 19.5 Å². The number of benzene rings is 1. The lowest BCUT2D eigenvalue weighted by Gasteiger charge is -2.07. The fourth-order valence-corrected chi connectivity index (χ4v) is 1.50. The minimum Gasteiger partial charge on any atom is -0.494 e. The van der Waals surface area contributed by atoms with Crippen molar-refractivity contribution in [2.45, 2.75) is 13.5 Å². The van der Waals surface area contributed by atoms with Crippen LogP contribution in [0.25, 0.3) is 0 Å². The van der Waals surface area contributed by atoms with Crippen LogP contribution in [0, 0.1) is 6.92 Å². The number of methoxy groups -OCH3 is 1. The van der Waals surface area contributed by atoms with Crippen LogP contribution in [0.3, 0.4) is 0 Å². The quantitative estimate of drug-likeness (QED) is 0.874. The third-order valence-corrected chi connectivity index (χ3v) is 2.56. The van der Waals surface area contributed by atoms with Gasteiger partial charge >= 0.3 is 0 Å². The minimum absolute atomic E-state index is 0.606. The molecule has 1 heterocycles. The molecule has 0 bridgehead atoms. The Bertz CT molecular complexity index is 482. The maximum absolute atomic E-state index is 5.00. The maximum atomic E-state index is 5.00. The van der Waals surface area contributed by atoms with Crippen molar-refractivity contribution < 1.29 is 4.74 Å². The van der Waals surface area contributed by atoms with Crippen LogP contribution in [0.4, 0.5) is 5.95 Å². The SMILES string of the molecule is COc1cnc(NCc2ccccc2C)nc1. The van der Waals surface area contributed by atoms with Gasteiger partial charge in [-0.15, -0.1) is 0 Å². The highest BCUT2D eigenvalue weighted by atomic mass is 16.5. The zero-order valence-electron chi connectivity index (χ0n) is 9.97. The van der Waals surface area contributed by atoms with Crippen molar-refractivity contribution >= 4 is 5.95 Å². The van der Waals surface area contributed by atoms with Gasteiger partial charge in [0.25, 0.3) is 0 Å². The van der Waals surface area contributed by atoms with E-state index >= 15 is 0 Å². The number of aromatic nitrogens is 2. The Morgan fingerprint density at radius 3 is 2.53 bits per heavy atom. The van der Waals surface area contributed by atoms with E-state index in [1.165, 1.54) is 11.1 Å². The number of hydrogen-bond acceptors (Lipinski definition) is 4. The van der Waals surface area contributed by atoms with Crippen molar-refractivity contribution in [1.82, 2.24) is 9.97 Å². The van der Waals surface area contributed by atoms with Crippen LogP contribution in [-0.4, -0.2) is 17.1 Å². The Kier molecular flexibility index (Phi) is 3.55. The Hall–Kier alpha value is -2.10. The predicted molar refractivity (Wildman–Crippen MR) is 67.1 cm³/mol. The van der Waals surface area contributed by atoms with E-state index in [1.54, 1.807) is 19.5 Å². The molecule has 0 fully saturated rings. The van der Waals surface area contributed by atoms with Gasteiger partial charge in [0.2, 0.25) is 5.95 Å². The van der Waals surface area contributed by atoms with E-state index in [-0.39, 0.29) is 0 Å². The summed E-state index contributed by atoms with van der Waals surface area (Å²) in [5.74, 6) is 1.26. The summed E-state index contributed by atoms with van der Waals surface area (Å²) in [5, 5.41) is 3.18. The summed E-state index contributed by atoms with van der Waals surface area (Å²) < 4.78 is 5.00. The summed E-state index contributed by atoms with van der Waals surface area (Å²) in [4.78, 5) is 8.29. The van der Waals surface area contributed by atoms with Gasteiger partial charge in [-0.3, -0.25) is 0 Å². The lowest BCUT2D eigenvalue weighted by Crippen LogP contribution is -2.04. The Labute approximate surface area is 101 Å². The summed E-state index contributed by atoms with van der Waals surface area (Å²) in [7, 11) is 1.60. The van der Waals surface area contributed by atoms with Gasteiger partial charge in [-0.1, -0.05) is 24.3 Å². The summed E-state index contributed by atoms with van der Waals surface area (Å²) in [6.07, 6.45) is 3.29. The number of ether oxygens (including phenoxy) is 1. The van der Waals surface area contributed by atoms with E-state index in [4.69, 9.17) is 4.74 Å². The number of anilines is 1. The average Bonchev–Trinajstić information content (AvgIpc) is 2.38. The van der Waals surface area contributed by atoms with Crippen molar-refractivity contribution in [3.8, 4) is 5.75 Å². The molecule has 0 radical (unpaired) electrons. The van der Waals surface area contributed by atoms with Gasteiger partial charge < -0.3 is 10.1 Å². The summed E-state index contributed by atoms with van der Waals surface area (Å²) >= 11 is 0. The second-order valence-corrected chi connectivity index (χ2v) is 3.73. The summed E-state index contributed by atoms with van der Waals surface area (Å²) in [6.45, 7) is 2.81. The maximum Gasteiger partial charge on any atom is 0.223 e. The molecule has 2 rings (SSSR count). The van der Waals surface area contributed by atoms with Crippen LogP contribution in [-0.2, 0) is 6.54 Å². The highest BCUT2D eigenvalue weighted by molar-refractivity contribution is 5.32. The molecule has 4 nitrogen and oxygen atoms in total. The molecule has 0 aliphatic heterocycles. The second-order valence-electron chi connectivity index (χ2n) is 3.73. The highest BCUT2D eigenvalue weighted by Gasteiger charge is 1.99. The molecular formula is C13H15N3O. The van der Waals surface area contributed by atoms with Gasteiger partial charge in [-0.25, -0.2) is 9.97 Å². The van der Waals surface area contributed by atoms with Crippen LogP contribution in [0.5, 0.6) is 5.75 Å². The number of hydrogen-bond donors (Lipinski definition) is 1. The minimum atomic E-state index is 0.606. The van der Waals surface area contributed by atoms with Crippen LogP contribution in [0.15, 0.2) is 36.7 Å². The van der Waals surface area contributed by atoms with Gasteiger partial charge in [-0.2, -0.15) is 0 Å². The van der Waals surface area contributed by atoms with Crippen molar-refractivity contribution in [2.75, 3.05) is 12.4 Å². The largest absolute Gasteiger partial charge is 0.494 e. The van der Waals surface area contributed by atoms with Gasteiger partial charge in [0.15, 0.2) is 5.75 Å². The number of nitrogens with one attached hydrogen (secondary N) is 1. The number of nitrogens with zero attached hydrogens (tertiary/aromatic N) is 2. The molecule has 0 aliphatic carbocycles. The fraction of sp³-hybridized carbons (Fsp3) is 0.231. The van der Waals surface area contributed by atoms with E-state index in [2.05, 4.69) is 34.3 Å². The van der Waals surface area contributed by atoms with Crippen molar-refractivity contribution in [3.05, 3.63) is 47.8 Å². The Balaban J connectivity index is 2.00. The molecule has 0 saturated carbocycles. The standard InChI is InChI=1S/C13H15N3O/c1-10-5-3-4-6-11(10)7-14-13-15-8-12(17-2)9-16-13/h3-6,8-9H,7H2,1-2H3,(H,14,15,16). The smallest absolute Gasteiger partial charge is 0.223 e. The molecular weight excluding hydrogens is 214 g/mol. The normalized spacial score (nSPS) is 10.0. The second kappa shape index (κ2) is 5.30. The van der Waals surface area contributed by atoms with E-state index in [0.717, 1.165) is 6.54 Å². The van der Waals surface area contributed by atoms with E-state index in [1.807, 2.05) is 12.1 Å².